The number of anilines is 1. The van der Waals surface area contributed by atoms with E-state index in [0.717, 1.165) is 16.1 Å². The monoisotopic (exact) mass is 468 g/mol. The zero-order valence-electron chi connectivity index (χ0n) is 20.2. The number of nitrogens with zero attached hydrogens (tertiary/aromatic N) is 1. The number of nitrogens with one attached hydrogen (secondary N) is 1. The van der Waals surface area contributed by atoms with E-state index < -0.39 is 42.0 Å². The summed E-state index contributed by atoms with van der Waals surface area (Å²) in [5.41, 5.74) is 4.54. The summed E-state index contributed by atoms with van der Waals surface area (Å²) in [4.78, 5) is 50.8. The lowest BCUT2D eigenvalue weighted by Crippen LogP contribution is -2.51. The topological polar surface area (TPSA) is 113 Å². The Morgan fingerprint density at radius 3 is 2.21 bits per heavy atom. The van der Waals surface area contributed by atoms with Crippen LogP contribution in [-0.2, 0) is 19.1 Å². The number of carbonyl (C=O) groups is 4. The van der Waals surface area contributed by atoms with E-state index in [0.29, 0.717) is 6.42 Å². The van der Waals surface area contributed by atoms with Crippen LogP contribution in [0.1, 0.15) is 61.0 Å². The van der Waals surface area contributed by atoms with Gasteiger partial charge >= 0.3 is 11.9 Å². The van der Waals surface area contributed by atoms with Gasteiger partial charge in [0.2, 0.25) is 11.8 Å². The lowest BCUT2D eigenvalue weighted by atomic mass is 9.92. The molecule has 0 bridgehead atoms. The summed E-state index contributed by atoms with van der Waals surface area (Å²) in [5, 5.41) is 10.4. The highest BCUT2D eigenvalue weighted by Gasteiger charge is 2.33. The molecule has 2 aromatic rings. The van der Waals surface area contributed by atoms with Gasteiger partial charge in [-0.05, 0) is 49.4 Å². The van der Waals surface area contributed by atoms with Gasteiger partial charge in [-0.25, -0.2) is 9.80 Å². The van der Waals surface area contributed by atoms with Gasteiger partial charge in [0.15, 0.2) is 0 Å². The van der Waals surface area contributed by atoms with E-state index in [1.54, 1.807) is 19.1 Å². The van der Waals surface area contributed by atoms with Crippen molar-refractivity contribution in [3.8, 4) is 0 Å². The van der Waals surface area contributed by atoms with E-state index in [9.17, 15) is 24.3 Å². The number of hydrogen-bond acceptors (Lipinski definition) is 5. The van der Waals surface area contributed by atoms with Crippen LogP contribution in [0.25, 0.3) is 0 Å². The molecule has 2 rings (SSSR count). The summed E-state index contributed by atoms with van der Waals surface area (Å²) < 4.78 is 4.85. The molecule has 0 radical (unpaired) electrons. The third kappa shape index (κ3) is 6.66. The van der Waals surface area contributed by atoms with Crippen LogP contribution in [0.15, 0.2) is 48.5 Å². The van der Waals surface area contributed by atoms with Crippen LogP contribution in [0.3, 0.4) is 0 Å². The molecule has 2 N–H and O–H groups in total. The van der Waals surface area contributed by atoms with E-state index in [1.165, 1.54) is 19.2 Å². The maximum atomic E-state index is 13.6. The Kier molecular flexibility index (Phi) is 9.36. The van der Waals surface area contributed by atoms with Crippen LogP contribution < -0.4 is 10.4 Å². The first-order valence-electron chi connectivity index (χ1n) is 11.2. The van der Waals surface area contributed by atoms with Crippen molar-refractivity contribution in [3.05, 3.63) is 65.2 Å². The molecule has 0 heterocycles. The smallest absolute Gasteiger partial charge is 0.340 e. The van der Waals surface area contributed by atoms with Crippen molar-refractivity contribution >= 4 is 29.4 Å². The minimum Gasteiger partial charge on any atom is -0.481 e. The average molecular weight is 469 g/mol. The van der Waals surface area contributed by atoms with Crippen molar-refractivity contribution in [3.63, 3.8) is 0 Å². The molecule has 8 nitrogen and oxygen atoms in total. The van der Waals surface area contributed by atoms with Gasteiger partial charge in [-0.1, -0.05) is 50.2 Å². The molecule has 0 saturated carbocycles. The van der Waals surface area contributed by atoms with Gasteiger partial charge in [-0.2, -0.15) is 0 Å². The molecule has 2 amide bonds. The molecule has 8 heteroatoms. The number of carboxylic acid groups (broad SMARTS) is 1. The average Bonchev–Trinajstić information content (AvgIpc) is 2.80. The van der Waals surface area contributed by atoms with Crippen LogP contribution in [0.4, 0.5) is 5.69 Å². The first-order valence-corrected chi connectivity index (χ1v) is 11.2. The number of methoxy groups -OCH3 is 1. The molecule has 0 spiro atoms. The summed E-state index contributed by atoms with van der Waals surface area (Å²) in [6.45, 7) is 7.37. The third-order valence-corrected chi connectivity index (χ3v) is 5.57. The van der Waals surface area contributed by atoms with Crippen LogP contribution in [0, 0.1) is 18.8 Å². The number of ether oxygens (including phenoxy) is 1. The maximum Gasteiger partial charge on any atom is 0.340 e. The molecule has 0 aromatic heterocycles. The zero-order valence-corrected chi connectivity index (χ0v) is 20.2. The molecular formula is C26H32N2O6. The van der Waals surface area contributed by atoms with Crippen LogP contribution in [0.5, 0.6) is 0 Å². The van der Waals surface area contributed by atoms with Crippen molar-refractivity contribution in [1.82, 2.24) is 5.43 Å². The predicted molar refractivity (Wildman–Crippen MR) is 128 cm³/mol. The molecular weight excluding hydrogens is 436 g/mol. The molecule has 0 aliphatic rings. The van der Waals surface area contributed by atoms with Crippen molar-refractivity contribution in [2.45, 2.75) is 46.5 Å². The number of benzene rings is 2. The van der Waals surface area contributed by atoms with E-state index >= 15 is 0 Å². The normalized spacial score (nSPS) is 12.5. The second-order valence-electron chi connectivity index (χ2n) is 8.66. The Labute approximate surface area is 199 Å². The minimum absolute atomic E-state index is 0.0348. The third-order valence-electron chi connectivity index (χ3n) is 5.57. The number of esters is 1. The van der Waals surface area contributed by atoms with Gasteiger partial charge in [-0.15, -0.1) is 0 Å². The van der Waals surface area contributed by atoms with E-state index in [4.69, 9.17) is 4.74 Å². The molecule has 0 aliphatic carbocycles. The maximum absolute atomic E-state index is 13.6. The summed E-state index contributed by atoms with van der Waals surface area (Å²) in [7, 11) is 1.22. The van der Waals surface area contributed by atoms with Gasteiger partial charge in [-0.3, -0.25) is 19.8 Å². The van der Waals surface area contributed by atoms with Gasteiger partial charge in [0.1, 0.15) is 0 Å². The Morgan fingerprint density at radius 2 is 1.62 bits per heavy atom. The first-order chi connectivity index (χ1) is 16.1. The van der Waals surface area contributed by atoms with Crippen molar-refractivity contribution in [2.24, 2.45) is 11.8 Å². The number of carbonyl (C=O) groups excluding carboxylic acids is 3. The standard InChI is InChI=1S/C26H32N2O6/c1-16(2)14-19(15-23(29)30)25(32)28(22-13-9-8-12-21(22)26(33)34-5)27-24(31)18(4)20-11-7-6-10-17(20)3/h6-13,16,18-19H,14-15H2,1-5H3,(H,27,31)(H,29,30). The van der Waals surface area contributed by atoms with Gasteiger partial charge in [0, 0.05) is 0 Å². The molecule has 0 aliphatic heterocycles. The summed E-state index contributed by atoms with van der Waals surface area (Å²) >= 11 is 0. The fourth-order valence-corrected chi connectivity index (χ4v) is 3.84. The Bertz CT molecular complexity index is 1050. The number of aliphatic carboxylic acids is 1. The van der Waals surface area contributed by atoms with Crippen molar-refractivity contribution in [1.29, 1.82) is 0 Å². The van der Waals surface area contributed by atoms with Crippen molar-refractivity contribution in [2.75, 3.05) is 12.1 Å². The number of hydrogen-bond donors (Lipinski definition) is 2. The van der Waals surface area contributed by atoms with Crippen LogP contribution >= 0.6 is 0 Å². The summed E-state index contributed by atoms with van der Waals surface area (Å²) in [5.74, 6) is -4.37. The van der Waals surface area contributed by atoms with E-state index in [1.807, 2.05) is 45.0 Å². The Balaban J connectivity index is 2.52. The fourth-order valence-electron chi connectivity index (χ4n) is 3.84. The summed E-state index contributed by atoms with van der Waals surface area (Å²) in [6, 6.07) is 13.6. The Hall–Kier alpha value is -3.68. The molecule has 0 saturated heterocycles. The van der Waals surface area contributed by atoms with Gasteiger partial charge in [0.25, 0.3) is 0 Å². The molecule has 2 atom stereocenters. The highest BCUT2D eigenvalue weighted by molar-refractivity contribution is 6.05. The number of aryl methyl sites for hydroxylation is 1. The van der Waals surface area contributed by atoms with Gasteiger partial charge < -0.3 is 9.84 Å². The second kappa shape index (κ2) is 12.0. The van der Waals surface area contributed by atoms with E-state index in [-0.39, 0.29) is 17.2 Å². The highest BCUT2D eigenvalue weighted by Crippen LogP contribution is 2.27. The molecule has 0 fully saturated rings. The second-order valence-corrected chi connectivity index (χ2v) is 8.66. The largest absolute Gasteiger partial charge is 0.481 e. The first kappa shape index (κ1) is 26.6. The predicted octanol–water partition coefficient (Wildman–Crippen LogP) is 4.09. The van der Waals surface area contributed by atoms with Gasteiger partial charge in [0.05, 0.1) is 36.6 Å². The zero-order chi connectivity index (χ0) is 25.4. The molecule has 34 heavy (non-hydrogen) atoms. The van der Waals surface area contributed by atoms with Crippen LogP contribution in [0.2, 0.25) is 0 Å². The minimum atomic E-state index is -1.13. The quantitative estimate of drug-likeness (QED) is 0.423. The van der Waals surface area contributed by atoms with Crippen molar-refractivity contribution < 1.29 is 29.0 Å². The Morgan fingerprint density at radius 1 is 1.00 bits per heavy atom. The fraction of sp³-hybridized carbons (Fsp3) is 0.385. The van der Waals surface area contributed by atoms with Crippen LogP contribution in [-0.4, -0.2) is 36.0 Å². The number of carboxylic acids is 1. The lowest BCUT2D eigenvalue weighted by Gasteiger charge is -2.30. The molecule has 182 valence electrons. The summed E-state index contributed by atoms with van der Waals surface area (Å²) in [6.07, 6.45) is -0.109. The number of amides is 2. The number of rotatable bonds is 9. The number of hydrazine groups is 1. The van der Waals surface area contributed by atoms with E-state index in [2.05, 4.69) is 5.43 Å². The highest BCUT2D eigenvalue weighted by atomic mass is 16.5. The number of para-hydroxylation sites is 1. The lowest BCUT2D eigenvalue weighted by molar-refractivity contribution is -0.141. The molecule has 2 aromatic carbocycles. The SMILES string of the molecule is COC(=O)c1ccccc1N(NC(=O)C(C)c1ccccc1C)C(=O)C(CC(=O)O)CC(C)C. The molecule has 2 unspecified atom stereocenters.